The van der Waals surface area contributed by atoms with Crippen LogP contribution in [-0.2, 0) is 17.5 Å². The first kappa shape index (κ1) is 19.7. The highest BCUT2D eigenvalue weighted by Gasteiger charge is 2.34. The number of halogens is 4. The van der Waals surface area contributed by atoms with E-state index in [1.54, 1.807) is 12.1 Å². The van der Waals surface area contributed by atoms with Crippen molar-refractivity contribution in [1.29, 1.82) is 0 Å². The number of aliphatic hydroxyl groups excluding tert-OH is 1. The number of anilines is 1. The second-order valence-corrected chi connectivity index (χ2v) is 6.43. The molecule has 0 bridgehead atoms. The number of rotatable bonds is 5. The van der Waals surface area contributed by atoms with Gasteiger partial charge in [0.15, 0.2) is 0 Å². The summed E-state index contributed by atoms with van der Waals surface area (Å²) in [5.74, 6) is 1.01. The van der Waals surface area contributed by atoms with Crippen molar-refractivity contribution in [2.45, 2.75) is 18.9 Å². The zero-order chi connectivity index (χ0) is 19.4. The summed E-state index contributed by atoms with van der Waals surface area (Å²) < 4.78 is 50.2. The van der Waals surface area contributed by atoms with Crippen molar-refractivity contribution in [1.82, 2.24) is 4.98 Å². The topological polar surface area (TPSA) is 54.8 Å². The fourth-order valence-electron chi connectivity index (χ4n) is 2.81. The summed E-state index contributed by atoms with van der Waals surface area (Å²) in [5.41, 5.74) is -0.933. The van der Waals surface area contributed by atoms with Crippen LogP contribution >= 0.6 is 11.6 Å². The zero-order valence-electron chi connectivity index (χ0n) is 14.2. The molecule has 3 rings (SSSR count). The Morgan fingerprint density at radius 2 is 2.11 bits per heavy atom. The average molecular weight is 403 g/mol. The molecule has 1 aromatic carbocycles. The molecule has 1 aliphatic rings. The van der Waals surface area contributed by atoms with Crippen LogP contribution in [0.4, 0.5) is 19.0 Å². The van der Waals surface area contributed by atoms with Crippen LogP contribution in [0.2, 0.25) is 5.02 Å². The fraction of sp³-hybridized carbons (Fsp3) is 0.389. The van der Waals surface area contributed by atoms with Gasteiger partial charge in [0.05, 0.1) is 31.1 Å². The lowest BCUT2D eigenvalue weighted by Crippen LogP contribution is -2.44. The smallest absolute Gasteiger partial charge is 0.416 e. The molecule has 146 valence electrons. The van der Waals surface area contributed by atoms with Crippen LogP contribution in [0.1, 0.15) is 11.1 Å². The Kier molecular flexibility index (Phi) is 6.08. The van der Waals surface area contributed by atoms with E-state index in [4.69, 9.17) is 21.1 Å². The van der Waals surface area contributed by atoms with Gasteiger partial charge < -0.3 is 19.5 Å². The highest BCUT2D eigenvalue weighted by Crippen LogP contribution is 2.35. The Bertz CT molecular complexity index is 771. The molecule has 1 aliphatic heterocycles. The minimum Gasteiger partial charge on any atom is -0.487 e. The van der Waals surface area contributed by atoms with Gasteiger partial charge in [-0.25, -0.2) is 4.98 Å². The lowest BCUT2D eigenvalue weighted by molar-refractivity contribution is -0.138. The van der Waals surface area contributed by atoms with Gasteiger partial charge in [-0.15, -0.1) is 0 Å². The van der Waals surface area contributed by atoms with Gasteiger partial charge in [0, 0.05) is 23.7 Å². The first-order valence-corrected chi connectivity index (χ1v) is 8.67. The van der Waals surface area contributed by atoms with Crippen LogP contribution in [0.25, 0.3) is 0 Å². The Morgan fingerprint density at radius 3 is 2.78 bits per heavy atom. The lowest BCUT2D eigenvalue weighted by Gasteiger charge is -2.32. The average Bonchev–Trinajstić information content (AvgIpc) is 2.66. The molecule has 0 spiro atoms. The SMILES string of the molecule is OCC1CN(c2ccc(OCc3c(Cl)cccc3C(F)(F)F)cn2)CCO1. The first-order chi connectivity index (χ1) is 12.9. The van der Waals surface area contributed by atoms with E-state index in [1.165, 1.54) is 18.3 Å². The molecule has 27 heavy (non-hydrogen) atoms. The summed E-state index contributed by atoms with van der Waals surface area (Å²) in [4.78, 5) is 6.25. The molecule has 1 saturated heterocycles. The molecule has 1 unspecified atom stereocenters. The number of nitrogens with zero attached hydrogens (tertiary/aromatic N) is 2. The Labute approximate surface area is 159 Å². The third kappa shape index (κ3) is 4.82. The van der Waals surface area contributed by atoms with Gasteiger partial charge in [0.2, 0.25) is 0 Å². The summed E-state index contributed by atoms with van der Waals surface area (Å²) in [6, 6.07) is 6.98. The van der Waals surface area contributed by atoms with Gasteiger partial charge in [-0.2, -0.15) is 13.2 Å². The van der Waals surface area contributed by atoms with E-state index in [0.29, 0.717) is 31.3 Å². The van der Waals surface area contributed by atoms with Crippen molar-refractivity contribution in [3.8, 4) is 5.75 Å². The molecule has 0 aliphatic carbocycles. The molecule has 2 aromatic rings. The van der Waals surface area contributed by atoms with Crippen LogP contribution < -0.4 is 9.64 Å². The standard InChI is InChI=1S/C18H18ClF3N2O3/c19-16-3-1-2-15(18(20,21)22)14(16)11-27-12-4-5-17(23-8-12)24-6-7-26-13(9-24)10-25/h1-5,8,13,25H,6-7,9-11H2. The maximum absolute atomic E-state index is 13.1. The molecule has 0 radical (unpaired) electrons. The van der Waals surface area contributed by atoms with Gasteiger partial charge in [-0.3, -0.25) is 0 Å². The first-order valence-electron chi connectivity index (χ1n) is 8.29. The molecule has 5 nitrogen and oxygen atoms in total. The lowest BCUT2D eigenvalue weighted by atomic mass is 10.1. The number of aliphatic hydroxyl groups is 1. The number of ether oxygens (including phenoxy) is 2. The van der Waals surface area contributed by atoms with Crippen molar-refractivity contribution >= 4 is 17.4 Å². The monoisotopic (exact) mass is 402 g/mol. The molecular formula is C18H18ClF3N2O3. The molecule has 1 N–H and O–H groups in total. The van der Waals surface area contributed by atoms with Gasteiger partial charge in [0.25, 0.3) is 0 Å². The zero-order valence-corrected chi connectivity index (χ0v) is 15.0. The molecular weight excluding hydrogens is 385 g/mol. The molecule has 1 atom stereocenters. The van der Waals surface area contributed by atoms with Crippen molar-refractivity contribution in [2.24, 2.45) is 0 Å². The van der Waals surface area contributed by atoms with E-state index < -0.39 is 11.7 Å². The molecule has 1 fully saturated rings. The second kappa shape index (κ2) is 8.33. The molecule has 0 saturated carbocycles. The van der Waals surface area contributed by atoms with E-state index in [2.05, 4.69) is 4.98 Å². The summed E-state index contributed by atoms with van der Waals surface area (Å²) >= 11 is 5.92. The third-order valence-corrected chi connectivity index (χ3v) is 4.55. The van der Waals surface area contributed by atoms with Gasteiger partial charge in [-0.05, 0) is 24.3 Å². The normalized spacial score (nSPS) is 17.8. The molecule has 0 amide bonds. The van der Waals surface area contributed by atoms with Crippen LogP contribution in [0.3, 0.4) is 0 Å². The van der Waals surface area contributed by atoms with Crippen LogP contribution in [0.15, 0.2) is 36.5 Å². The van der Waals surface area contributed by atoms with E-state index in [0.717, 1.165) is 6.07 Å². The third-order valence-electron chi connectivity index (χ3n) is 4.19. The molecule has 2 heterocycles. The van der Waals surface area contributed by atoms with Gasteiger partial charge in [0.1, 0.15) is 18.2 Å². The van der Waals surface area contributed by atoms with E-state index in [9.17, 15) is 18.3 Å². The van der Waals surface area contributed by atoms with E-state index >= 15 is 0 Å². The quantitative estimate of drug-likeness (QED) is 0.829. The van der Waals surface area contributed by atoms with Crippen molar-refractivity contribution in [3.05, 3.63) is 52.7 Å². The minimum atomic E-state index is -4.51. The Morgan fingerprint density at radius 1 is 1.30 bits per heavy atom. The van der Waals surface area contributed by atoms with Crippen LogP contribution in [0.5, 0.6) is 5.75 Å². The van der Waals surface area contributed by atoms with Crippen molar-refractivity contribution < 1.29 is 27.8 Å². The summed E-state index contributed by atoms with van der Waals surface area (Å²) in [7, 11) is 0. The number of hydrogen-bond acceptors (Lipinski definition) is 5. The van der Waals surface area contributed by atoms with E-state index in [1.807, 2.05) is 4.90 Å². The number of alkyl halides is 3. The maximum atomic E-state index is 13.1. The van der Waals surface area contributed by atoms with Crippen LogP contribution in [0, 0.1) is 0 Å². The van der Waals surface area contributed by atoms with Crippen LogP contribution in [-0.4, -0.2) is 42.5 Å². The Hall–Kier alpha value is -2.03. The number of pyridine rings is 1. The van der Waals surface area contributed by atoms with E-state index in [-0.39, 0.29) is 29.9 Å². The predicted octanol–water partition coefficient (Wildman–Crippen LogP) is 3.53. The second-order valence-electron chi connectivity index (χ2n) is 6.03. The highest BCUT2D eigenvalue weighted by atomic mass is 35.5. The number of morpholine rings is 1. The van der Waals surface area contributed by atoms with Crippen molar-refractivity contribution in [3.63, 3.8) is 0 Å². The number of aromatic nitrogens is 1. The molecule has 1 aromatic heterocycles. The summed E-state index contributed by atoms with van der Waals surface area (Å²) in [6.45, 7) is 1.24. The molecule has 9 heteroatoms. The Balaban J connectivity index is 1.68. The maximum Gasteiger partial charge on any atom is 0.416 e. The summed E-state index contributed by atoms with van der Waals surface area (Å²) in [5, 5.41) is 9.20. The number of benzene rings is 1. The highest BCUT2D eigenvalue weighted by molar-refractivity contribution is 6.31. The van der Waals surface area contributed by atoms with Crippen molar-refractivity contribution in [2.75, 3.05) is 31.2 Å². The summed E-state index contributed by atoms with van der Waals surface area (Å²) in [6.07, 6.45) is -3.33. The predicted molar refractivity (Wildman–Crippen MR) is 94.1 cm³/mol. The van der Waals surface area contributed by atoms with Gasteiger partial charge in [-0.1, -0.05) is 17.7 Å². The van der Waals surface area contributed by atoms with Gasteiger partial charge >= 0.3 is 6.18 Å². The number of hydrogen-bond donors (Lipinski definition) is 1. The minimum absolute atomic E-state index is 0.00207. The largest absolute Gasteiger partial charge is 0.487 e. The fourth-order valence-corrected chi connectivity index (χ4v) is 3.04.